The van der Waals surface area contributed by atoms with Crippen molar-refractivity contribution in [3.05, 3.63) is 28.2 Å². The molecule has 3 N–H and O–H groups in total. The van der Waals surface area contributed by atoms with E-state index in [9.17, 15) is 19.8 Å². The van der Waals surface area contributed by atoms with E-state index < -0.39 is 17.4 Å². The van der Waals surface area contributed by atoms with Gasteiger partial charge in [0.25, 0.3) is 5.91 Å². The van der Waals surface area contributed by atoms with Crippen molar-refractivity contribution >= 4 is 27.8 Å². The zero-order chi connectivity index (χ0) is 14.8. The number of aromatic hydroxyl groups is 1. The van der Waals surface area contributed by atoms with Crippen LogP contribution in [0.3, 0.4) is 0 Å². The van der Waals surface area contributed by atoms with Crippen molar-refractivity contribution in [2.75, 3.05) is 13.2 Å². The van der Waals surface area contributed by atoms with Crippen LogP contribution in [-0.2, 0) is 9.53 Å². The van der Waals surface area contributed by atoms with Crippen molar-refractivity contribution in [1.29, 1.82) is 0 Å². The summed E-state index contributed by atoms with van der Waals surface area (Å²) < 4.78 is 5.76. The van der Waals surface area contributed by atoms with Crippen LogP contribution < -0.4 is 5.32 Å². The van der Waals surface area contributed by atoms with Crippen molar-refractivity contribution in [2.24, 2.45) is 0 Å². The number of nitrogens with one attached hydrogen (secondary N) is 1. The van der Waals surface area contributed by atoms with Gasteiger partial charge in [0.15, 0.2) is 0 Å². The molecule has 0 aromatic heterocycles. The van der Waals surface area contributed by atoms with E-state index in [1.54, 1.807) is 6.07 Å². The molecule has 0 aliphatic carbocycles. The Bertz CT molecular complexity index is 540. The van der Waals surface area contributed by atoms with Gasteiger partial charge < -0.3 is 20.3 Å². The summed E-state index contributed by atoms with van der Waals surface area (Å²) in [5.41, 5.74) is -1.30. The van der Waals surface area contributed by atoms with E-state index in [4.69, 9.17) is 4.74 Å². The number of carboxylic acid groups (broad SMARTS) is 1. The monoisotopic (exact) mass is 343 g/mol. The Morgan fingerprint density at radius 3 is 2.50 bits per heavy atom. The van der Waals surface area contributed by atoms with Gasteiger partial charge in [-0.1, -0.05) is 15.9 Å². The fourth-order valence-electron chi connectivity index (χ4n) is 2.09. The summed E-state index contributed by atoms with van der Waals surface area (Å²) in [4.78, 5) is 23.6. The summed E-state index contributed by atoms with van der Waals surface area (Å²) in [5.74, 6) is -1.91. The number of hydrogen-bond acceptors (Lipinski definition) is 4. The number of carbonyl (C=O) groups is 2. The van der Waals surface area contributed by atoms with Crippen molar-refractivity contribution in [2.45, 2.75) is 18.4 Å². The number of carbonyl (C=O) groups excluding carboxylic acids is 1. The van der Waals surface area contributed by atoms with Crippen molar-refractivity contribution in [3.8, 4) is 5.75 Å². The Morgan fingerprint density at radius 2 is 1.95 bits per heavy atom. The Morgan fingerprint density at radius 1 is 1.30 bits per heavy atom. The summed E-state index contributed by atoms with van der Waals surface area (Å²) in [5, 5.41) is 21.6. The number of carboxylic acids is 1. The number of halogens is 1. The molecule has 1 aliphatic heterocycles. The van der Waals surface area contributed by atoms with E-state index in [0.29, 0.717) is 4.47 Å². The Labute approximate surface area is 123 Å². The van der Waals surface area contributed by atoms with E-state index in [-0.39, 0.29) is 37.4 Å². The van der Waals surface area contributed by atoms with Crippen LogP contribution in [0.1, 0.15) is 23.2 Å². The van der Waals surface area contributed by atoms with Crippen molar-refractivity contribution in [3.63, 3.8) is 0 Å². The molecule has 20 heavy (non-hydrogen) atoms. The van der Waals surface area contributed by atoms with Crippen LogP contribution in [0.5, 0.6) is 5.75 Å². The van der Waals surface area contributed by atoms with Gasteiger partial charge in [-0.15, -0.1) is 0 Å². The molecule has 1 fully saturated rings. The molecular weight excluding hydrogens is 330 g/mol. The first kappa shape index (κ1) is 14.8. The molecule has 108 valence electrons. The molecule has 0 atom stereocenters. The van der Waals surface area contributed by atoms with Gasteiger partial charge in [-0.05, 0) is 18.2 Å². The van der Waals surface area contributed by atoms with E-state index >= 15 is 0 Å². The third kappa shape index (κ3) is 2.94. The molecule has 2 rings (SSSR count). The Kier molecular flexibility index (Phi) is 4.29. The minimum absolute atomic E-state index is 0.0420. The molecule has 6 nitrogen and oxygen atoms in total. The van der Waals surface area contributed by atoms with Crippen LogP contribution >= 0.6 is 15.9 Å². The normalized spacial score (nSPS) is 17.4. The number of amides is 1. The lowest BCUT2D eigenvalue weighted by Crippen LogP contribution is -2.57. The first-order chi connectivity index (χ1) is 9.44. The number of rotatable bonds is 3. The third-order valence-corrected chi connectivity index (χ3v) is 3.81. The first-order valence-corrected chi connectivity index (χ1v) is 6.86. The van der Waals surface area contributed by atoms with Crippen LogP contribution in [0.25, 0.3) is 0 Å². The maximum Gasteiger partial charge on any atom is 0.329 e. The number of benzene rings is 1. The second kappa shape index (κ2) is 5.80. The molecule has 1 aromatic carbocycles. The third-order valence-electron chi connectivity index (χ3n) is 3.31. The highest BCUT2D eigenvalue weighted by Gasteiger charge is 2.42. The smallest absolute Gasteiger partial charge is 0.329 e. The fourth-order valence-corrected chi connectivity index (χ4v) is 2.44. The fraction of sp³-hybridized carbons (Fsp3) is 0.385. The highest BCUT2D eigenvalue weighted by molar-refractivity contribution is 9.10. The Balaban J connectivity index is 2.22. The standard InChI is InChI=1S/C13H14BrNO5/c14-8-1-2-9(10(16)7-8)11(17)15-13(12(18)19)3-5-20-6-4-13/h1-2,7,16H,3-6H2,(H,15,17)(H,18,19). The average molecular weight is 344 g/mol. The predicted octanol–water partition coefficient (Wildman–Crippen LogP) is 1.52. The largest absolute Gasteiger partial charge is 0.507 e. The highest BCUT2D eigenvalue weighted by atomic mass is 79.9. The van der Waals surface area contributed by atoms with Gasteiger partial charge in [0.1, 0.15) is 11.3 Å². The topological polar surface area (TPSA) is 95.9 Å². The van der Waals surface area contributed by atoms with Gasteiger partial charge in [-0.25, -0.2) is 4.79 Å². The number of ether oxygens (including phenoxy) is 1. The molecule has 7 heteroatoms. The van der Waals surface area contributed by atoms with Crippen LogP contribution in [-0.4, -0.2) is 40.8 Å². The molecule has 1 heterocycles. The van der Waals surface area contributed by atoms with Crippen LogP contribution in [0.15, 0.2) is 22.7 Å². The van der Waals surface area contributed by atoms with Crippen molar-refractivity contribution in [1.82, 2.24) is 5.32 Å². The summed E-state index contributed by atoms with van der Waals surface area (Å²) >= 11 is 3.18. The highest BCUT2D eigenvalue weighted by Crippen LogP contribution is 2.25. The molecule has 0 unspecified atom stereocenters. The van der Waals surface area contributed by atoms with Gasteiger partial charge in [0.2, 0.25) is 0 Å². The molecule has 1 amide bonds. The average Bonchev–Trinajstić information content (AvgIpc) is 2.39. The second-order valence-electron chi connectivity index (χ2n) is 4.62. The van der Waals surface area contributed by atoms with E-state index in [2.05, 4.69) is 21.2 Å². The SMILES string of the molecule is O=C(NC1(C(=O)O)CCOCC1)c1ccc(Br)cc1O. The van der Waals surface area contributed by atoms with Gasteiger partial charge in [0, 0.05) is 30.5 Å². The summed E-state index contributed by atoms with van der Waals surface area (Å²) in [6.45, 7) is 0.553. The summed E-state index contributed by atoms with van der Waals surface area (Å²) in [6, 6.07) is 4.42. The lowest BCUT2D eigenvalue weighted by molar-refractivity contribution is -0.148. The molecule has 0 bridgehead atoms. The maximum absolute atomic E-state index is 12.2. The maximum atomic E-state index is 12.2. The number of hydrogen-bond donors (Lipinski definition) is 3. The van der Waals surface area contributed by atoms with Gasteiger partial charge in [0.05, 0.1) is 5.56 Å². The van der Waals surface area contributed by atoms with Gasteiger partial charge in [-0.2, -0.15) is 0 Å². The molecule has 0 radical (unpaired) electrons. The van der Waals surface area contributed by atoms with Crippen LogP contribution in [0.2, 0.25) is 0 Å². The van der Waals surface area contributed by atoms with E-state index in [0.717, 1.165) is 0 Å². The van der Waals surface area contributed by atoms with Crippen LogP contribution in [0.4, 0.5) is 0 Å². The Hall–Kier alpha value is -1.60. The second-order valence-corrected chi connectivity index (χ2v) is 5.53. The molecular formula is C13H14BrNO5. The van der Waals surface area contributed by atoms with Gasteiger partial charge >= 0.3 is 5.97 Å². The van der Waals surface area contributed by atoms with E-state index in [1.165, 1.54) is 12.1 Å². The zero-order valence-electron chi connectivity index (χ0n) is 10.6. The molecule has 0 spiro atoms. The minimum atomic E-state index is -1.34. The number of phenolic OH excluding ortho intramolecular Hbond substituents is 1. The van der Waals surface area contributed by atoms with E-state index in [1.807, 2.05) is 0 Å². The lowest BCUT2D eigenvalue weighted by Gasteiger charge is -2.33. The summed E-state index contributed by atoms with van der Waals surface area (Å²) in [7, 11) is 0. The number of phenols is 1. The van der Waals surface area contributed by atoms with Gasteiger partial charge in [-0.3, -0.25) is 4.79 Å². The first-order valence-electron chi connectivity index (χ1n) is 6.07. The molecule has 0 saturated carbocycles. The lowest BCUT2D eigenvalue weighted by atomic mass is 9.89. The molecule has 1 aromatic rings. The number of aliphatic carboxylic acids is 1. The zero-order valence-corrected chi connectivity index (χ0v) is 12.1. The quantitative estimate of drug-likeness (QED) is 0.773. The molecule has 1 saturated heterocycles. The predicted molar refractivity (Wildman–Crippen MR) is 73.7 cm³/mol. The minimum Gasteiger partial charge on any atom is -0.507 e. The van der Waals surface area contributed by atoms with Crippen molar-refractivity contribution < 1.29 is 24.5 Å². The summed E-state index contributed by atoms with van der Waals surface area (Å²) in [6.07, 6.45) is 0.400. The molecule has 1 aliphatic rings. The van der Waals surface area contributed by atoms with Crippen LogP contribution in [0, 0.1) is 0 Å².